The molecular formula is C22H23NO3. The predicted molar refractivity (Wildman–Crippen MR) is 101 cm³/mol. The van der Waals surface area contributed by atoms with Crippen molar-refractivity contribution in [1.29, 1.82) is 0 Å². The average Bonchev–Trinajstić information content (AvgIpc) is 2.67. The highest BCUT2D eigenvalue weighted by atomic mass is 16.5. The Balaban J connectivity index is 2.24. The molecule has 0 amide bonds. The number of benzene rings is 2. The summed E-state index contributed by atoms with van der Waals surface area (Å²) in [6.07, 6.45) is 1.76. The van der Waals surface area contributed by atoms with E-state index in [-0.39, 0.29) is 17.8 Å². The lowest BCUT2D eigenvalue weighted by Gasteiger charge is -2.33. The van der Waals surface area contributed by atoms with Crippen LogP contribution in [0.3, 0.4) is 0 Å². The number of methoxy groups -OCH3 is 1. The summed E-state index contributed by atoms with van der Waals surface area (Å²) < 4.78 is 5.11. The molecule has 26 heavy (non-hydrogen) atoms. The molecule has 1 N–H and O–H groups in total. The fourth-order valence-electron chi connectivity index (χ4n) is 3.47. The third-order valence-electron chi connectivity index (χ3n) is 4.66. The number of ether oxygens (including phenoxy) is 1. The number of carbonyl (C=O) groups excluding carboxylic acids is 2. The Morgan fingerprint density at radius 3 is 2.38 bits per heavy atom. The lowest BCUT2D eigenvalue weighted by molar-refractivity contribution is -0.142. The molecule has 0 aromatic heterocycles. The molecule has 4 nitrogen and oxygen atoms in total. The van der Waals surface area contributed by atoms with Crippen molar-refractivity contribution in [2.24, 2.45) is 0 Å². The van der Waals surface area contributed by atoms with Crippen LogP contribution in [0, 0.1) is 0 Å². The van der Waals surface area contributed by atoms with Gasteiger partial charge in [-0.1, -0.05) is 54.6 Å². The maximum absolute atomic E-state index is 13.2. The second-order valence-corrected chi connectivity index (χ2v) is 6.73. The molecule has 0 unspecified atom stereocenters. The molecule has 0 heterocycles. The summed E-state index contributed by atoms with van der Waals surface area (Å²) in [6.45, 7) is 4.02. The Hall–Kier alpha value is -2.88. The summed E-state index contributed by atoms with van der Waals surface area (Å²) >= 11 is 0. The molecule has 2 aromatic carbocycles. The molecule has 0 saturated heterocycles. The van der Waals surface area contributed by atoms with Gasteiger partial charge in [-0.15, -0.1) is 0 Å². The SMILES string of the molecule is COC(=O)[C@@H]1c2ccccc2C(=O)/C(=C\NC(C)C)[C@H]1c1ccccc1. The molecule has 4 heteroatoms. The summed E-state index contributed by atoms with van der Waals surface area (Å²) in [5.74, 6) is -1.34. The van der Waals surface area contributed by atoms with Gasteiger partial charge in [0.1, 0.15) is 0 Å². The fourth-order valence-corrected chi connectivity index (χ4v) is 3.47. The number of nitrogens with one attached hydrogen (secondary N) is 1. The highest BCUT2D eigenvalue weighted by Crippen LogP contribution is 2.45. The number of fused-ring (bicyclic) bond motifs is 1. The zero-order valence-corrected chi connectivity index (χ0v) is 15.2. The van der Waals surface area contributed by atoms with Crippen LogP contribution < -0.4 is 5.32 Å². The molecule has 0 saturated carbocycles. The standard InChI is InChI=1S/C22H23NO3/c1-14(2)23-13-18-19(15-9-5-4-6-10-15)20(22(25)26-3)16-11-7-8-12-17(16)21(18)24/h4-14,19-20,23H,1-3H3/b18-13-/t19-,20-/m1/s1. The van der Waals surface area contributed by atoms with Gasteiger partial charge in [0, 0.05) is 29.3 Å². The maximum Gasteiger partial charge on any atom is 0.314 e. The number of ketones is 1. The van der Waals surface area contributed by atoms with E-state index in [1.54, 1.807) is 12.3 Å². The van der Waals surface area contributed by atoms with Gasteiger partial charge in [0.05, 0.1) is 13.0 Å². The second kappa shape index (κ2) is 7.56. The molecule has 0 bridgehead atoms. The van der Waals surface area contributed by atoms with E-state index in [1.807, 2.05) is 62.4 Å². The molecule has 3 rings (SSSR count). The van der Waals surface area contributed by atoms with Crippen molar-refractivity contribution < 1.29 is 14.3 Å². The van der Waals surface area contributed by atoms with E-state index in [4.69, 9.17) is 4.74 Å². The summed E-state index contributed by atoms with van der Waals surface area (Å²) in [5, 5.41) is 3.22. The van der Waals surface area contributed by atoms with Crippen LogP contribution in [0.2, 0.25) is 0 Å². The van der Waals surface area contributed by atoms with Crippen LogP contribution in [0.4, 0.5) is 0 Å². The Kier molecular flexibility index (Phi) is 5.21. The Labute approximate surface area is 153 Å². The van der Waals surface area contributed by atoms with Crippen LogP contribution in [0.1, 0.15) is 47.2 Å². The number of carbonyl (C=O) groups is 2. The number of Topliss-reactive ketones (excluding diaryl/α,β-unsaturated/α-hetero) is 1. The molecule has 0 fully saturated rings. The van der Waals surface area contributed by atoms with Crippen molar-refractivity contribution in [3.63, 3.8) is 0 Å². The summed E-state index contributed by atoms with van der Waals surface area (Å²) in [7, 11) is 1.39. The maximum atomic E-state index is 13.2. The number of esters is 1. The van der Waals surface area contributed by atoms with Crippen molar-refractivity contribution in [3.8, 4) is 0 Å². The average molecular weight is 349 g/mol. The van der Waals surface area contributed by atoms with Crippen LogP contribution >= 0.6 is 0 Å². The number of allylic oxidation sites excluding steroid dienone is 1. The van der Waals surface area contributed by atoms with E-state index in [0.717, 1.165) is 11.1 Å². The Bertz CT molecular complexity index is 839. The summed E-state index contributed by atoms with van der Waals surface area (Å²) in [6, 6.07) is 17.1. The van der Waals surface area contributed by atoms with Crippen LogP contribution in [0.5, 0.6) is 0 Å². The van der Waals surface area contributed by atoms with Crippen LogP contribution in [0.15, 0.2) is 66.4 Å². The molecule has 0 spiro atoms. The van der Waals surface area contributed by atoms with Crippen LogP contribution in [-0.2, 0) is 9.53 Å². The van der Waals surface area contributed by atoms with Crippen molar-refractivity contribution in [3.05, 3.63) is 83.1 Å². The third kappa shape index (κ3) is 3.27. The van der Waals surface area contributed by atoms with Crippen molar-refractivity contribution >= 4 is 11.8 Å². The van der Waals surface area contributed by atoms with Gasteiger partial charge >= 0.3 is 5.97 Å². The molecule has 1 aliphatic rings. The quantitative estimate of drug-likeness (QED) is 0.674. The zero-order chi connectivity index (χ0) is 18.7. The topological polar surface area (TPSA) is 55.4 Å². The van der Waals surface area contributed by atoms with E-state index in [1.165, 1.54) is 7.11 Å². The second-order valence-electron chi connectivity index (χ2n) is 6.73. The van der Waals surface area contributed by atoms with Crippen LogP contribution in [0.25, 0.3) is 0 Å². The summed E-state index contributed by atoms with van der Waals surface area (Å²) in [4.78, 5) is 25.9. The summed E-state index contributed by atoms with van der Waals surface area (Å²) in [5.41, 5.74) is 2.79. The van der Waals surface area contributed by atoms with Gasteiger partial charge in [0.15, 0.2) is 5.78 Å². The number of rotatable bonds is 4. The molecular weight excluding hydrogens is 326 g/mol. The lowest BCUT2D eigenvalue weighted by Crippen LogP contribution is -2.33. The number of hydrogen-bond acceptors (Lipinski definition) is 4. The molecule has 134 valence electrons. The van der Waals surface area contributed by atoms with E-state index >= 15 is 0 Å². The first-order valence-corrected chi connectivity index (χ1v) is 8.77. The first-order valence-electron chi connectivity index (χ1n) is 8.77. The van der Waals surface area contributed by atoms with Gasteiger partial charge in [0.25, 0.3) is 0 Å². The first-order chi connectivity index (χ1) is 12.5. The number of hydrogen-bond donors (Lipinski definition) is 1. The van der Waals surface area contributed by atoms with E-state index in [2.05, 4.69) is 5.32 Å². The molecule has 2 aromatic rings. The minimum atomic E-state index is -0.559. The Morgan fingerprint density at radius 1 is 1.08 bits per heavy atom. The van der Waals surface area contributed by atoms with Gasteiger partial charge in [0.2, 0.25) is 0 Å². The predicted octanol–water partition coefficient (Wildman–Crippen LogP) is 3.81. The normalized spacial score (nSPS) is 20.8. The van der Waals surface area contributed by atoms with Gasteiger partial charge < -0.3 is 10.1 Å². The van der Waals surface area contributed by atoms with Gasteiger partial charge in [-0.2, -0.15) is 0 Å². The van der Waals surface area contributed by atoms with Crippen molar-refractivity contribution in [2.75, 3.05) is 7.11 Å². The molecule has 0 aliphatic heterocycles. The van der Waals surface area contributed by atoms with Crippen LogP contribution in [-0.4, -0.2) is 24.9 Å². The highest BCUT2D eigenvalue weighted by Gasteiger charge is 2.43. The first kappa shape index (κ1) is 17.9. The van der Waals surface area contributed by atoms with E-state index in [0.29, 0.717) is 11.1 Å². The smallest absolute Gasteiger partial charge is 0.314 e. The molecule has 1 aliphatic carbocycles. The van der Waals surface area contributed by atoms with Crippen molar-refractivity contribution in [2.45, 2.75) is 31.7 Å². The fraction of sp³-hybridized carbons (Fsp3) is 0.273. The van der Waals surface area contributed by atoms with E-state index in [9.17, 15) is 9.59 Å². The minimum Gasteiger partial charge on any atom is -0.469 e. The Morgan fingerprint density at radius 2 is 1.73 bits per heavy atom. The van der Waals surface area contributed by atoms with Crippen molar-refractivity contribution in [1.82, 2.24) is 5.32 Å². The van der Waals surface area contributed by atoms with Gasteiger partial charge in [-0.05, 0) is 25.0 Å². The zero-order valence-electron chi connectivity index (χ0n) is 15.2. The largest absolute Gasteiger partial charge is 0.469 e. The van der Waals surface area contributed by atoms with E-state index < -0.39 is 11.8 Å². The lowest BCUT2D eigenvalue weighted by atomic mass is 9.69. The molecule has 2 atom stereocenters. The minimum absolute atomic E-state index is 0.0530. The highest BCUT2D eigenvalue weighted by molar-refractivity contribution is 6.14. The third-order valence-corrected chi connectivity index (χ3v) is 4.66. The molecule has 0 radical (unpaired) electrons. The van der Waals surface area contributed by atoms with Gasteiger partial charge in [-0.3, -0.25) is 9.59 Å². The monoisotopic (exact) mass is 349 g/mol. The van der Waals surface area contributed by atoms with Gasteiger partial charge in [-0.25, -0.2) is 0 Å².